The lowest BCUT2D eigenvalue weighted by Gasteiger charge is -2.23. The number of hydrogen-bond donors (Lipinski definition) is 3. The van der Waals surface area contributed by atoms with E-state index < -0.39 is 17.6 Å². The summed E-state index contributed by atoms with van der Waals surface area (Å²) in [5, 5.41) is 2.35. The van der Waals surface area contributed by atoms with Crippen LogP contribution in [0.1, 0.15) is 21.5 Å². The number of pyridine rings is 1. The molecule has 0 aliphatic carbocycles. The van der Waals surface area contributed by atoms with Crippen LogP contribution in [0.4, 0.5) is 19.0 Å². The zero-order chi connectivity index (χ0) is 21.2. The molecule has 5 N–H and O–H groups in total. The lowest BCUT2D eigenvalue weighted by Crippen LogP contribution is -2.30. The van der Waals surface area contributed by atoms with Crippen molar-refractivity contribution in [1.29, 1.82) is 0 Å². The van der Waals surface area contributed by atoms with Gasteiger partial charge >= 0.3 is 6.18 Å². The number of carbonyl (C=O) groups excluding carboxylic acids is 1. The van der Waals surface area contributed by atoms with Crippen molar-refractivity contribution in [3.05, 3.63) is 77.4 Å². The zero-order valence-electron chi connectivity index (χ0n) is 15.2. The van der Waals surface area contributed by atoms with E-state index in [-0.39, 0.29) is 17.2 Å². The number of amides is 1. The molecule has 0 saturated heterocycles. The molecule has 0 bridgehead atoms. The Balaban J connectivity index is 1.79. The van der Waals surface area contributed by atoms with Gasteiger partial charge in [-0.05, 0) is 29.8 Å². The Hall–Kier alpha value is -3.82. The fourth-order valence-corrected chi connectivity index (χ4v) is 2.66. The van der Waals surface area contributed by atoms with Gasteiger partial charge < -0.3 is 21.7 Å². The van der Waals surface area contributed by atoms with Gasteiger partial charge in [-0.15, -0.1) is 0 Å². The highest BCUT2D eigenvalue weighted by Gasteiger charge is 2.30. The molecule has 0 spiro atoms. The van der Waals surface area contributed by atoms with Gasteiger partial charge in [-0.25, -0.2) is 9.98 Å². The summed E-state index contributed by atoms with van der Waals surface area (Å²) >= 11 is 0. The third-order valence-electron chi connectivity index (χ3n) is 4.14. The molecule has 10 heteroatoms. The maximum atomic E-state index is 12.8. The predicted octanol–water partition coefficient (Wildman–Crippen LogP) is 2.75. The molecule has 0 radical (unpaired) electrons. The van der Waals surface area contributed by atoms with E-state index in [1.807, 2.05) is 0 Å². The lowest BCUT2D eigenvalue weighted by molar-refractivity contribution is -0.137. The minimum Gasteiger partial charge on any atom is -0.396 e. The molecule has 2 heterocycles. The van der Waals surface area contributed by atoms with Crippen molar-refractivity contribution < 1.29 is 18.0 Å². The highest BCUT2D eigenvalue weighted by molar-refractivity contribution is 6.05. The quantitative estimate of drug-likeness (QED) is 0.731. The molecule has 0 unspecified atom stereocenters. The van der Waals surface area contributed by atoms with Crippen LogP contribution in [-0.4, -0.2) is 28.7 Å². The van der Waals surface area contributed by atoms with Gasteiger partial charge in [0.15, 0.2) is 0 Å². The van der Waals surface area contributed by atoms with Gasteiger partial charge in [0, 0.05) is 31.2 Å². The number of nitrogens with two attached hydrogens (primary N) is 2. The second-order valence-electron chi connectivity index (χ2n) is 6.14. The molecular formula is C19H17F3N6O. The lowest BCUT2D eigenvalue weighted by atomic mass is 10.1. The number of aromatic nitrogens is 1. The Morgan fingerprint density at radius 1 is 1.14 bits per heavy atom. The summed E-state index contributed by atoms with van der Waals surface area (Å²) in [6, 6.07) is 7.80. The summed E-state index contributed by atoms with van der Waals surface area (Å²) < 4.78 is 38.3. The maximum Gasteiger partial charge on any atom is 0.416 e. The summed E-state index contributed by atoms with van der Waals surface area (Å²) in [7, 11) is 1.77. The van der Waals surface area contributed by atoms with Gasteiger partial charge in [0.1, 0.15) is 17.4 Å². The van der Waals surface area contributed by atoms with Crippen molar-refractivity contribution in [2.75, 3.05) is 12.4 Å². The normalized spacial score (nSPS) is 15.7. The molecule has 0 fully saturated rings. The summed E-state index contributed by atoms with van der Waals surface area (Å²) in [4.78, 5) is 21.8. The van der Waals surface area contributed by atoms with Crippen molar-refractivity contribution in [3.63, 3.8) is 0 Å². The first kappa shape index (κ1) is 19.9. The predicted molar refractivity (Wildman–Crippen MR) is 103 cm³/mol. The van der Waals surface area contributed by atoms with E-state index in [1.54, 1.807) is 36.5 Å². The van der Waals surface area contributed by atoms with E-state index in [2.05, 4.69) is 15.3 Å². The third kappa shape index (κ3) is 4.37. The number of benzene rings is 1. The zero-order valence-corrected chi connectivity index (χ0v) is 15.2. The molecule has 1 aromatic carbocycles. The van der Waals surface area contributed by atoms with E-state index in [4.69, 9.17) is 11.5 Å². The monoisotopic (exact) mass is 402 g/mol. The number of likely N-dealkylation sites (N-methyl/N-ethyl adjacent to an activating group) is 1. The van der Waals surface area contributed by atoms with Crippen LogP contribution < -0.4 is 16.8 Å². The van der Waals surface area contributed by atoms with Crippen molar-refractivity contribution in [3.8, 4) is 0 Å². The number of carbonyl (C=O) groups is 1. The standard InChI is InChI=1S/C19H17F3N6O/c1-28-9-8-26-17(24)16(28)15(23)11-2-4-12(5-3-11)18(29)27-14-10-13(6-7-25-14)19(20,21)22/h2-10H,23H2,1H3,(H2,24,26)(H,25,27,29)/b16-15-. The summed E-state index contributed by atoms with van der Waals surface area (Å²) in [5.74, 6) is -0.548. The molecule has 150 valence electrons. The van der Waals surface area contributed by atoms with E-state index in [1.165, 1.54) is 12.1 Å². The minimum absolute atomic E-state index is 0.199. The van der Waals surface area contributed by atoms with Crippen LogP contribution >= 0.6 is 0 Å². The fourth-order valence-electron chi connectivity index (χ4n) is 2.66. The van der Waals surface area contributed by atoms with Crippen LogP contribution in [0.2, 0.25) is 0 Å². The molecule has 29 heavy (non-hydrogen) atoms. The van der Waals surface area contributed by atoms with Crippen LogP contribution in [0.25, 0.3) is 5.70 Å². The van der Waals surface area contributed by atoms with E-state index in [0.29, 0.717) is 17.0 Å². The number of halogens is 3. The Morgan fingerprint density at radius 2 is 1.79 bits per heavy atom. The van der Waals surface area contributed by atoms with Crippen LogP contribution in [0.5, 0.6) is 0 Å². The van der Waals surface area contributed by atoms with Gasteiger partial charge in [0.25, 0.3) is 5.91 Å². The van der Waals surface area contributed by atoms with E-state index >= 15 is 0 Å². The number of amidine groups is 1. The van der Waals surface area contributed by atoms with Crippen LogP contribution in [0.3, 0.4) is 0 Å². The average molecular weight is 402 g/mol. The molecule has 0 saturated carbocycles. The van der Waals surface area contributed by atoms with Gasteiger partial charge in [-0.2, -0.15) is 13.2 Å². The highest BCUT2D eigenvalue weighted by atomic mass is 19.4. The molecule has 1 aliphatic rings. The Morgan fingerprint density at radius 3 is 2.41 bits per heavy atom. The van der Waals surface area contributed by atoms with E-state index in [0.717, 1.165) is 18.3 Å². The number of aliphatic imine (C=N–C) groups is 1. The van der Waals surface area contributed by atoms with Gasteiger partial charge in [-0.1, -0.05) is 12.1 Å². The van der Waals surface area contributed by atoms with Crippen molar-refractivity contribution in [2.45, 2.75) is 6.18 Å². The van der Waals surface area contributed by atoms with Crippen LogP contribution in [0.15, 0.2) is 65.7 Å². The molecule has 1 amide bonds. The van der Waals surface area contributed by atoms with Crippen molar-refractivity contribution >= 4 is 23.3 Å². The number of nitrogens with one attached hydrogen (secondary N) is 1. The molecule has 7 nitrogen and oxygen atoms in total. The molecule has 1 aliphatic heterocycles. The highest BCUT2D eigenvalue weighted by Crippen LogP contribution is 2.30. The molecule has 1 aromatic heterocycles. The largest absolute Gasteiger partial charge is 0.416 e. The first-order valence-electron chi connectivity index (χ1n) is 8.35. The second-order valence-corrected chi connectivity index (χ2v) is 6.14. The Kier molecular flexibility index (Phi) is 5.26. The molecule has 2 aromatic rings. The molecule has 0 atom stereocenters. The Labute approximate surface area is 164 Å². The van der Waals surface area contributed by atoms with Gasteiger partial charge in [-0.3, -0.25) is 4.79 Å². The first-order valence-corrected chi connectivity index (χ1v) is 8.35. The summed E-state index contributed by atoms with van der Waals surface area (Å²) in [5.41, 5.74) is 12.9. The first-order chi connectivity index (χ1) is 13.7. The smallest absolute Gasteiger partial charge is 0.396 e. The van der Waals surface area contributed by atoms with Gasteiger partial charge in [0.05, 0.1) is 11.3 Å². The average Bonchev–Trinajstić information content (AvgIpc) is 2.67. The van der Waals surface area contributed by atoms with Crippen molar-refractivity contribution in [1.82, 2.24) is 9.88 Å². The second kappa shape index (κ2) is 7.66. The summed E-state index contributed by atoms with van der Waals surface area (Å²) in [6.45, 7) is 0. The molecule has 3 rings (SSSR count). The third-order valence-corrected chi connectivity index (χ3v) is 4.14. The maximum absolute atomic E-state index is 12.8. The fraction of sp³-hybridized carbons (Fsp3) is 0.105. The topological polar surface area (TPSA) is 110 Å². The minimum atomic E-state index is -4.53. The van der Waals surface area contributed by atoms with Crippen LogP contribution in [-0.2, 0) is 6.18 Å². The summed E-state index contributed by atoms with van der Waals surface area (Å²) in [6.07, 6.45) is -0.305. The van der Waals surface area contributed by atoms with Crippen molar-refractivity contribution in [2.24, 2.45) is 16.5 Å². The number of alkyl halides is 3. The van der Waals surface area contributed by atoms with Gasteiger partial charge in [0.2, 0.25) is 0 Å². The van der Waals surface area contributed by atoms with E-state index in [9.17, 15) is 18.0 Å². The number of anilines is 1. The SMILES string of the molecule is CN1C=CN=C(N)/C1=C(/N)c1ccc(C(=O)Nc2cc(C(F)(F)F)ccn2)cc1. The molecular weight excluding hydrogens is 385 g/mol. The number of hydrogen-bond acceptors (Lipinski definition) is 6. The number of nitrogens with zero attached hydrogens (tertiary/aromatic N) is 3. The number of rotatable bonds is 3. The Bertz CT molecular complexity index is 1020. The van der Waals surface area contributed by atoms with Crippen LogP contribution in [0, 0.1) is 0 Å².